The van der Waals surface area contributed by atoms with Gasteiger partial charge in [-0.2, -0.15) is 0 Å². The maximum Gasteiger partial charge on any atom is 0.236 e. The summed E-state index contributed by atoms with van der Waals surface area (Å²) >= 11 is 3.98. The number of nitrogens with one attached hydrogen (secondary N) is 3. The molecule has 11 heteroatoms. The molecule has 0 spiro atoms. The summed E-state index contributed by atoms with van der Waals surface area (Å²) in [7, 11) is 0. The lowest BCUT2D eigenvalue weighted by Gasteiger charge is -2.07. The molecule has 0 bridgehead atoms. The van der Waals surface area contributed by atoms with E-state index < -0.39 is 0 Å². The van der Waals surface area contributed by atoms with Crippen LogP contribution in [0.1, 0.15) is 12.5 Å². The molecule has 166 valence electrons. The summed E-state index contributed by atoms with van der Waals surface area (Å²) in [5, 5.41) is 16.5. The zero-order valence-electron chi connectivity index (χ0n) is 17.2. The number of carbonyl (C=O) groups is 3. The molecule has 3 N–H and O–H groups in total. The Morgan fingerprint density at radius 1 is 0.875 bits per heavy atom. The van der Waals surface area contributed by atoms with Gasteiger partial charge in [0.05, 0.1) is 11.5 Å². The van der Waals surface area contributed by atoms with Gasteiger partial charge in [-0.25, -0.2) is 0 Å². The van der Waals surface area contributed by atoms with E-state index in [1.165, 1.54) is 47.3 Å². The van der Waals surface area contributed by atoms with E-state index in [2.05, 4.69) is 26.1 Å². The second kappa shape index (κ2) is 12.2. The second-order valence-electron chi connectivity index (χ2n) is 6.50. The number of rotatable bonds is 10. The quantitative estimate of drug-likeness (QED) is 0.291. The van der Waals surface area contributed by atoms with Gasteiger partial charge in [0.15, 0.2) is 4.34 Å². The zero-order chi connectivity index (χ0) is 22.8. The van der Waals surface area contributed by atoms with Gasteiger partial charge in [0, 0.05) is 24.1 Å². The Bertz CT molecular complexity index is 1080. The van der Waals surface area contributed by atoms with Crippen molar-refractivity contribution in [1.82, 2.24) is 10.2 Å². The molecule has 3 aromatic rings. The van der Waals surface area contributed by atoms with Gasteiger partial charge in [0.2, 0.25) is 22.9 Å². The average Bonchev–Trinajstić information content (AvgIpc) is 3.20. The van der Waals surface area contributed by atoms with Crippen molar-refractivity contribution < 1.29 is 14.4 Å². The molecule has 0 saturated carbocycles. The number of benzene rings is 2. The number of hydrogen-bond donors (Lipinski definition) is 3. The molecule has 2 aromatic carbocycles. The summed E-state index contributed by atoms with van der Waals surface area (Å²) in [6.45, 7) is 1.42. The fourth-order valence-electron chi connectivity index (χ4n) is 2.51. The van der Waals surface area contributed by atoms with Crippen LogP contribution in [0.4, 0.5) is 16.5 Å². The topological polar surface area (TPSA) is 113 Å². The summed E-state index contributed by atoms with van der Waals surface area (Å²) < 4.78 is 0.583. The van der Waals surface area contributed by atoms with Crippen LogP contribution in [0.25, 0.3) is 0 Å². The van der Waals surface area contributed by atoms with Crippen molar-refractivity contribution in [2.24, 2.45) is 0 Å². The Kier molecular flexibility index (Phi) is 9.08. The van der Waals surface area contributed by atoms with Gasteiger partial charge in [-0.15, -0.1) is 22.0 Å². The van der Waals surface area contributed by atoms with Crippen LogP contribution in [0, 0.1) is 0 Å². The fraction of sp³-hybridized carbons (Fsp3) is 0.190. The average molecular weight is 488 g/mol. The molecule has 0 atom stereocenters. The van der Waals surface area contributed by atoms with Crippen LogP contribution < -0.4 is 16.0 Å². The normalized spacial score (nSPS) is 10.4. The first-order valence-electron chi connectivity index (χ1n) is 9.53. The molecule has 0 unspecified atom stereocenters. The minimum atomic E-state index is -0.215. The van der Waals surface area contributed by atoms with Crippen molar-refractivity contribution in [2.75, 3.05) is 27.5 Å². The highest BCUT2D eigenvalue weighted by atomic mass is 32.2. The first kappa shape index (κ1) is 23.8. The SMILES string of the molecule is CC(=O)Nc1cccc(NC(=O)CSc2nnc(NC(=O)CSCc3ccccc3)s2)c1. The van der Waals surface area contributed by atoms with Crippen LogP contribution in [0.15, 0.2) is 58.9 Å². The van der Waals surface area contributed by atoms with Crippen molar-refractivity contribution in [1.29, 1.82) is 0 Å². The van der Waals surface area contributed by atoms with E-state index >= 15 is 0 Å². The second-order valence-corrected chi connectivity index (χ2v) is 9.68. The first-order chi connectivity index (χ1) is 15.5. The first-order valence-corrected chi connectivity index (χ1v) is 12.5. The summed E-state index contributed by atoms with van der Waals surface area (Å²) in [6, 6.07) is 16.8. The van der Waals surface area contributed by atoms with Crippen LogP contribution in [-0.2, 0) is 20.1 Å². The standard InChI is InChI=1S/C21H21N5O3S3/c1-14(27)22-16-8-5-9-17(10-16)23-19(29)13-31-21-26-25-20(32-21)24-18(28)12-30-11-15-6-3-2-4-7-15/h2-10H,11-13H2,1H3,(H,22,27)(H,23,29)(H,24,25,28). The molecule has 0 aliphatic heterocycles. The van der Waals surface area contributed by atoms with Gasteiger partial charge in [0.1, 0.15) is 0 Å². The van der Waals surface area contributed by atoms with Crippen LogP contribution in [0.5, 0.6) is 0 Å². The molecule has 0 aliphatic carbocycles. The van der Waals surface area contributed by atoms with E-state index in [1.807, 2.05) is 30.3 Å². The summed E-state index contributed by atoms with van der Waals surface area (Å²) in [5.41, 5.74) is 2.36. The highest BCUT2D eigenvalue weighted by Gasteiger charge is 2.11. The van der Waals surface area contributed by atoms with Crippen molar-refractivity contribution in [2.45, 2.75) is 17.0 Å². The third-order valence-electron chi connectivity index (χ3n) is 3.79. The Balaban J connectivity index is 1.39. The molecule has 1 aromatic heterocycles. The van der Waals surface area contributed by atoms with Crippen LogP contribution >= 0.6 is 34.9 Å². The smallest absolute Gasteiger partial charge is 0.236 e. The van der Waals surface area contributed by atoms with E-state index in [9.17, 15) is 14.4 Å². The summed E-state index contributed by atoms with van der Waals surface area (Å²) in [4.78, 5) is 35.4. The Hall–Kier alpha value is -2.89. The molecule has 0 aliphatic rings. The lowest BCUT2D eigenvalue weighted by molar-refractivity contribution is -0.114. The Morgan fingerprint density at radius 3 is 2.34 bits per heavy atom. The predicted octanol–water partition coefficient (Wildman–Crippen LogP) is 4.10. The van der Waals surface area contributed by atoms with E-state index in [4.69, 9.17) is 0 Å². The highest BCUT2D eigenvalue weighted by Crippen LogP contribution is 2.26. The fourth-order valence-corrected chi connectivity index (χ4v) is 4.87. The summed E-state index contributed by atoms with van der Waals surface area (Å²) in [5.74, 6) is 0.673. The van der Waals surface area contributed by atoms with Crippen LogP contribution in [0.2, 0.25) is 0 Å². The molecule has 8 nitrogen and oxygen atoms in total. The lowest BCUT2D eigenvalue weighted by Crippen LogP contribution is -2.14. The molecular weight excluding hydrogens is 466 g/mol. The van der Waals surface area contributed by atoms with Gasteiger partial charge < -0.3 is 10.6 Å². The molecular formula is C21H21N5O3S3. The Labute approximate surface area is 198 Å². The van der Waals surface area contributed by atoms with E-state index in [0.717, 1.165) is 5.75 Å². The number of anilines is 3. The number of aromatic nitrogens is 2. The molecule has 0 radical (unpaired) electrons. The van der Waals surface area contributed by atoms with Crippen molar-refractivity contribution in [3.63, 3.8) is 0 Å². The Morgan fingerprint density at radius 2 is 1.59 bits per heavy atom. The van der Waals surface area contributed by atoms with Crippen LogP contribution in [0.3, 0.4) is 0 Å². The molecule has 3 amide bonds. The minimum Gasteiger partial charge on any atom is -0.326 e. The number of hydrogen-bond acceptors (Lipinski definition) is 8. The molecule has 0 saturated heterocycles. The minimum absolute atomic E-state index is 0.139. The molecule has 1 heterocycles. The third-order valence-corrected chi connectivity index (χ3v) is 6.77. The number of nitrogens with zero attached hydrogens (tertiary/aromatic N) is 2. The van der Waals surface area contributed by atoms with Crippen LogP contribution in [-0.4, -0.2) is 39.4 Å². The lowest BCUT2D eigenvalue weighted by atomic mass is 10.2. The van der Waals surface area contributed by atoms with Crippen molar-refractivity contribution in [3.05, 3.63) is 60.2 Å². The van der Waals surface area contributed by atoms with Crippen molar-refractivity contribution in [3.8, 4) is 0 Å². The van der Waals surface area contributed by atoms with Gasteiger partial charge in [-0.3, -0.25) is 19.7 Å². The van der Waals surface area contributed by atoms with Gasteiger partial charge in [0.25, 0.3) is 0 Å². The summed E-state index contributed by atoms with van der Waals surface area (Å²) in [6.07, 6.45) is 0. The predicted molar refractivity (Wildman–Crippen MR) is 131 cm³/mol. The zero-order valence-corrected chi connectivity index (χ0v) is 19.6. The maximum atomic E-state index is 12.2. The number of thioether (sulfide) groups is 2. The monoisotopic (exact) mass is 487 g/mol. The van der Waals surface area contributed by atoms with E-state index in [1.54, 1.807) is 24.3 Å². The maximum absolute atomic E-state index is 12.2. The highest BCUT2D eigenvalue weighted by molar-refractivity contribution is 8.01. The molecule has 32 heavy (non-hydrogen) atoms. The third kappa shape index (κ3) is 8.33. The number of amides is 3. The van der Waals surface area contributed by atoms with Crippen molar-refractivity contribution >= 4 is 69.1 Å². The van der Waals surface area contributed by atoms with E-state index in [-0.39, 0.29) is 23.5 Å². The van der Waals surface area contributed by atoms with Gasteiger partial charge >= 0.3 is 0 Å². The van der Waals surface area contributed by atoms with Gasteiger partial charge in [-0.05, 0) is 23.8 Å². The largest absolute Gasteiger partial charge is 0.326 e. The number of carbonyl (C=O) groups excluding carboxylic acids is 3. The van der Waals surface area contributed by atoms with Gasteiger partial charge in [-0.1, -0.05) is 59.5 Å². The molecule has 0 fully saturated rings. The van der Waals surface area contributed by atoms with E-state index in [0.29, 0.717) is 26.6 Å². The molecule has 3 rings (SSSR count).